The first kappa shape index (κ1) is 20.8. The molecule has 0 saturated carbocycles. The molecule has 0 atom stereocenters. The van der Waals surface area contributed by atoms with Crippen LogP contribution in [0.4, 0.5) is 15.8 Å². The molecule has 7 heteroatoms. The number of nitrogens with one attached hydrogen (secondary N) is 2. The molecule has 3 rings (SSSR count). The number of carbonyl (C=O) groups excluding carboxylic acids is 2. The molecule has 1 aliphatic heterocycles. The number of benzene rings is 2. The van der Waals surface area contributed by atoms with Gasteiger partial charge in [0.1, 0.15) is 5.82 Å². The van der Waals surface area contributed by atoms with E-state index in [4.69, 9.17) is 0 Å². The van der Waals surface area contributed by atoms with Crippen molar-refractivity contribution >= 4 is 23.2 Å². The first-order valence-electron chi connectivity index (χ1n) is 9.96. The summed E-state index contributed by atoms with van der Waals surface area (Å²) >= 11 is 0. The summed E-state index contributed by atoms with van der Waals surface area (Å²) in [5.41, 5.74) is 2.80. The summed E-state index contributed by atoms with van der Waals surface area (Å²) in [6.07, 6.45) is 0.923. The molecule has 6 nitrogen and oxygen atoms in total. The molecule has 0 bridgehead atoms. The number of aryl methyl sites for hydroxylation is 1. The van der Waals surface area contributed by atoms with Gasteiger partial charge in [-0.25, -0.2) is 4.39 Å². The number of hydrogen-bond acceptors (Lipinski definition) is 4. The number of piperazine rings is 1. The van der Waals surface area contributed by atoms with Crippen LogP contribution >= 0.6 is 0 Å². The lowest BCUT2D eigenvalue weighted by atomic mass is 10.1. The van der Waals surface area contributed by atoms with Crippen molar-refractivity contribution in [3.63, 3.8) is 0 Å². The van der Waals surface area contributed by atoms with Gasteiger partial charge in [0, 0.05) is 50.6 Å². The third-order valence-electron chi connectivity index (χ3n) is 5.10. The van der Waals surface area contributed by atoms with Crippen LogP contribution < -0.4 is 15.5 Å². The van der Waals surface area contributed by atoms with Crippen molar-refractivity contribution in [2.75, 3.05) is 49.5 Å². The van der Waals surface area contributed by atoms with Crippen LogP contribution in [0.25, 0.3) is 0 Å². The lowest BCUT2D eigenvalue weighted by Gasteiger charge is -2.36. The maximum atomic E-state index is 13.0. The van der Waals surface area contributed by atoms with Crippen molar-refractivity contribution in [3.05, 3.63) is 59.9 Å². The molecule has 0 unspecified atom stereocenters. The monoisotopic (exact) mass is 398 g/mol. The second kappa shape index (κ2) is 10.0. The number of rotatable bonds is 6. The molecule has 2 aromatic carbocycles. The molecule has 2 N–H and O–H groups in total. The van der Waals surface area contributed by atoms with Gasteiger partial charge in [-0.1, -0.05) is 19.1 Å². The maximum absolute atomic E-state index is 13.0. The third kappa shape index (κ3) is 6.02. The summed E-state index contributed by atoms with van der Waals surface area (Å²) in [6, 6.07) is 14.0. The number of nitrogens with zero attached hydrogens (tertiary/aromatic N) is 2. The van der Waals surface area contributed by atoms with Crippen LogP contribution in [0.3, 0.4) is 0 Å². The number of halogens is 1. The highest BCUT2D eigenvalue weighted by Crippen LogP contribution is 2.16. The highest BCUT2D eigenvalue weighted by atomic mass is 19.1. The van der Waals surface area contributed by atoms with Crippen molar-refractivity contribution in [2.45, 2.75) is 13.3 Å². The average molecular weight is 398 g/mol. The van der Waals surface area contributed by atoms with E-state index in [9.17, 15) is 14.0 Å². The Hall–Kier alpha value is -2.93. The van der Waals surface area contributed by atoms with E-state index in [0.717, 1.165) is 38.3 Å². The van der Waals surface area contributed by atoms with Crippen LogP contribution in [-0.2, 0) is 16.0 Å². The van der Waals surface area contributed by atoms with Gasteiger partial charge in [0.05, 0.1) is 0 Å². The first-order valence-corrected chi connectivity index (χ1v) is 9.96. The molecule has 1 heterocycles. The number of carbonyl (C=O) groups is 2. The molecule has 1 saturated heterocycles. The fourth-order valence-corrected chi connectivity index (χ4v) is 3.30. The van der Waals surface area contributed by atoms with E-state index < -0.39 is 11.8 Å². The standard InChI is InChI=1S/C22H27FN4O2/c1-2-17-3-7-19(8-4-17)25-22(29)21(28)24-11-12-26-13-15-27(16-14-26)20-9-5-18(23)6-10-20/h3-10H,2,11-16H2,1H3,(H,24,28)(H,25,29). The lowest BCUT2D eigenvalue weighted by Crippen LogP contribution is -2.49. The Labute approximate surface area is 170 Å². The largest absolute Gasteiger partial charge is 0.369 e. The lowest BCUT2D eigenvalue weighted by molar-refractivity contribution is -0.136. The van der Waals surface area contributed by atoms with Gasteiger partial charge < -0.3 is 15.5 Å². The van der Waals surface area contributed by atoms with Gasteiger partial charge in [0.25, 0.3) is 0 Å². The van der Waals surface area contributed by atoms with Crippen molar-refractivity contribution in [1.82, 2.24) is 10.2 Å². The van der Waals surface area contributed by atoms with E-state index in [-0.39, 0.29) is 5.82 Å². The summed E-state index contributed by atoms with van der Waals surface area (Å²) in [7, 11) is 0. The van der Waals surface area contributed by atoms with Crippen LogP contribution in [-0.4, -0.2) is 56.0 Å². The van der Waals surface area contributed by atoms with Gasteiger partial charge in [-0.2, -0.15) is 0 Å². The SMILES string of the molecule is CCc1ccc(NC(=O)C(=O)NCCN2CCN(c3ccc(F)cc3)CC2)cc1. The normalized spacial score (nSPS) is 14.5. The van der Waals surface area contributed by atoms with E-state index in [1.807, 2.05) is 12.1 Å². The number of anilines is 2. The predicted octanol–water partition coefficient (Wildman–Crippen LogP) is 2.27. The summed E-state index contributed by atoms with van der Waals surface area (Å²) in [4.78, 5) is 28.5. The molecule has 2 aromatic rings. The van der Waals surface area contributed by atoms with E-state index >= 15 is 0 Å². The zero-order valence-electron chi connectivity index (χ0n) is 16.7. The molecular weight excluding hydrogens is 371 g/mol. The van der Waals surface area contributed by atoms with E-state index in [2.05, 4.69) is 27.4 Å². The second-order valence-electron chi connectivity index (χ2n) is 7.07. The minimum Gasteiger partial charge on any atom is -0.369 e. The Morgan fingerprint density at radius 1 is 0.931 bits per heavy atom. The Morgan fingerprint density at radius 3 is 2.21 bits per heavy atom. The molecule has 0 radical (unpaired) electrons. The Kier molecular flexibility index (Phi) is 7.19. The molecule has 2 amide bonds. The minimum absolute atomic E-state index is 0.231. The quantitative estimate of drug-likeness (QED) is 0.733. The van der Waals surface area contributed by atoms with Gasteiger partial charge >= 0.3 is 11.8 Å². The zero-order valence-corrected chi connectivity index (χ0v) is 16.7. The Balaban J connectivity index is 1.35. The van der Waals surface area contributed by atoms with Crippen molar-refractivity contribution in [1.29, 1.82) is 0 Å². The van der Waals surface area contributed by atoms with E-state index in [1.54, 1.807) is 24.3 Å². The van der Waals surface area contributed by atoms with Crippen LogP contribution in [0.2, 0.25) is 0 Å². The molecule has 1 fully saturated rings. The highest BCUT2D eigenvalue weighted by Gasteiger charge is 2.18. The predicted molar refractivity (Wildman–Crippen MR) is 113 cm³/mol. The minimum atomic E-state index is -0.657. The molecule has 0 aliphatic carbocycles. The summed E-state index contributed by atoms with van der Waals surface area (Å²) < 4.78 is 13.0. The first-order chi connectivity index (χ1) is 14.0. The average Bonchev–Trinajstić information content (AvgIpc) is 2.75. The molecular formula is C22H27FN4O2. The summed E-state index contributed by atoms with van der Waals surface area (Å²) in [6.45, 7) is 6.54. The van der Waals surface area contributed by atoms with Gasteiger partial charge in [0.2, 0.25) is 0 Å². The van der Waals surface area contributed by atoms with Crippen LogP contribution in [0, 0.1) is 5.82 Å². The molecule has 0 aromatic heterocycles. The number of amides is 2. The van der Waals surface area contributed by atoms with E-state index in [1.165, 1.54) is 17.7 Å². The van der Waals surface area contributed by atoms with Crippen molar-refractivity contribution in [3.8, 4) is 0 Å². The van der Waals surface area contributed by atoms with Gasteiger partial charge in [0.15, 0.2) is 0 Å². The highest BCUT2D eigenvalue weighted by molar-refractivity contribution is 6.39. The van der Waals surface area contributed by atoms with Crippen LogP contribution in [0.15, 0.2) is 48.5 Å². The Bertz CT molecular complexity index is 816. The fourth-order valence-electron chi connectivity index (χ4n) is 3.30. The third-order valence-corrected chi connectivity index (χ3v) is 5.10. The zero-order chi connectivity index (χ0) is 20.6. The van der Waals surface area contributed by atoms with Gasteiger partial charge in [-0.05, 0) is 48.4 Å². The maximum Gasteiger partial charge on any atom is 0.313 e. The molecule has 29 heavy (non-hydrogen) atoms. The summed E-state index contributed by atoms with van der Waals surface area (Å²) in [5, 5.41) is 5.29. The molecule has 154 valence electrons. The van der Waals surface area contributed by atoms with Gasteiger partial charge in [-0.3, -0.25) is 14.5 Å². The smallest absolute Gasteiger partial charge is 0.313 e. The molecule has 1 aliphatic rings. The Morgan fingerprint density at radius 2 is 1.59 bits per heavy atom. The van der Waals surface area contributed by atoms with Crippen molar-refractivity contribution < 1.29 is 14.0 Å². The second-order valence-corrected chi connectivity index (χ2v) is 7.07. The van der Waals surface area contributed by atoms with Crippen molar-refractivity contribution in [2.24, 2.45) is 0 Å². The molecule has 0 spiro atoms. The van der Waals surface area contributed by atoms with Crippen LogP contribution in [0.1, 0.15) is 12.5 Å². The fraction of sp³-hybridized carbons (Fsp3) is 0.364. The topological polar surface area (TPSA) is 64.7 Å². The van der Waals surface area contributed by atoms with E-state index in [0.29, 0.717) is 18.8 Å². The number of hydrogen-bond donors (Lipinski definition) is 2. The van der Waals surface area contributed by atoms with Gasteiger partial charge in [-0.15, -0.1) is 0 Å². The summed E-state index contributed by atoms with van der Waals surface area (Å²) in [5.74, 6) is -1.52. The van der Waals surface area contributed by atoms with Crippen LogP contribution in [0.5, 0.6) is 0 Å².